The molecule has 0 radical (unpaired) electrons. The fraction of sp³-hybridized carbons (Fsp3) is 0.0909. The third-order valence-electron chi connectivity index (χ3n) is 4.46. The zero-order valence-electron chi connectivity index (χ0n) is 13.4. The summed E-state index contributed by atoms with van der Waals surface area (Å²) in [5, 5.41) is 4.82. The van der Waals surface area contributed by atoms with Crippen LogP contribution in [0.15, 0.2) is 78.9 Å². The second-order valence-corrected chi connectivity index (χ2v) is 5.89. The van der Waals surface area contributed by atoms with Gasteiger partial charge in [0.25, 0.3) is 0 Å². The molecule has 4 aromatic carbocycles. The fourth-order valence-corrected chi connectivity index (χ4v) is 3.24. The molecule has 4 rings (SSSR count). The maximum absolute atomic E-state index is 6.15. The predicted molar refractivity (Wildman–Crippen MR) is 100 cm³/mol. The molecule has 0 bridgehead atoms. The first kappa shape index (κ1) is 14.7. The molecule has 0 saturated carbocycles. The minimum absolute atomic E-state index is 0.465. The van der Waals surface area contributed by atoms with Crippen LogP contribution < -0.4 is 10.5 Å². The Morgan fingerprint density at radius 2 is 1.33 bits per heavy atom. The third-order valence-corrected chi connectivity index (χ3v) is 4.46. The van der Waals surface area contributed by atoms with Gasteiger partial charge in [-0.1, -0.05) is 72.8 Å². The summed E-state index contributed by atoms with van der Waals surface area (Å²) in [5.41, 5.74) is 8.24. The van der Waals surface area contributed by atoms with Gasteiger partial charge in [0.2, 0.25) is 0 Å². The average molecular weight is 313 g/mol. The molecular formula is C22H19NO. The minimum Gasteiger partial charge on any atom is -0.489 e. The molecule has 24 heavy (non-hydrogen) atoms. The molecule has 0 amide bonds. The van der Waals surface area contributed by atoms with Gasteiger partial charge in [-0.25, -0.2) is 0 Å². The summed E-state index contributed by atoms with van der Waals surface area (Å²) in [6, 6.07) is 27.1. The second kappa shape index (κ2) is 6.34. The Morgan fingerprint density at radius 3 is 2.12 bits per heavy atom. The van der Waals surface area contributed by atoms with E-state index in [1.165, 1.54) is 21.7 Å². The predicted octanol–water partition coefficient (Wildman–Crippen LogP) is 5.03. The first-order chi connectivity index (χ1) is 11.9. The van der Waals surface area contributed by atoms with Crippen LogP contribution in [0.1, 0.15) is 11.1 Å². The average Bonchev–Trinajstić information content (AvgIpc) is 2.65. The summed E-state index contributed by atoms with van der Waals surface area (Å²) in [4.78, 5) is 0. The lowest BCUT2D eigenvalue weighted by atomic mass is 10.0. The summed E-state index contributed by atoms with van der Waals surface area (Å²) in [6.07, 6.45) is 0. The highest BCUT2D eigenvalue weighted by atomic mass is 16.5. The quantitative estimate of drug-likeness (QED) is 0.573. The highest BCUT2D eigenvalue weighted by molar-refractivity contribution is 5.88. The standard InChI is InChI=1S/C22H19NO/c23-14-21-20-11-4-2-7-17(20)12-13-22(21)24-15-18-9-5-8-16-6-1-3-10-19(16)18/h1-13H,14-15,23H2. The van der Waals surface area contributed by atoms with Crippen LogP contribution in [0.5, 0.6) is 5.75 Å². The van der Waals surface area contributed by atoms with Crippen molar-refractivity contribution in [2.24, 2.45) is 5.73 Å². The lowest BCUT2D eigenvalue weighted by molar-refractivity contribution is 0.305. The van der Waals surface area contributed by atoms with Crippen LogP contribution >= 0.6 is 0 Å². The van der Waals surface area contributed by atoms with Crippen LogP contribution in [-0.2, 0) is 13.2 Å². The summed E-state index contributed by atoms with van der Waals surface area (Å²) in [5.74, 6) is 0.865. The van der Waals surface area contributed by atoms with Crippen molar-refractivity contribution < 1.29 is 4.74 Å². The summed E-state index contributed by atoms with van der Waals surface area (Å²) in [6.45, 7) is 0.999. The van der Waals surface area contributed by atoms with E-state index in [4.69, 9.17) is 10.5 Å². The van der Waals surface area contributed by atoms with Crippen LogP contribution in [0.2, 0.25) is 0 Å². The molecule has 0 aliphatic rings. The first-order valence-electron chi connectivity index (χ1n) is 8.17. The first-order valence-corrected chi connectivity index (χ1v) is 8.17. The third kappa shape index (κ3) is 2.61. The van der Waals surface area contributed by atoms with E-state index in [0.717, 1.165) is 16.7 Å². The Labute approximate surface area is 141 Å². The molecule has 2 heteroatoms. The van der Waals surface area contributed by atoms with Gasteiger partial charge in [-0.2, -0.15) is 0 Å². The van der Waals surface area contributed by atoms with E-state index in [0.29, 0.717) is 13.2 Å². The van der Waals surface area contributed by atoms with E-state index < -0.39 is 0 Å². The highest BCUT2D eigenvalue weighted by Crippen LogP contribution is 2.29. The van der Waals surface area contributed by atoms with E-state index in [1.807, 2.05) is 18.2 Å². The topological polar surface area (TPSA) is 35.2 Å². The van der Waals surface area contributed by atoms with E-state index in [2.05, 4.69) is 60.7 Å². The Balaban J connectivity index is 1.69. The molecule has 0 aliphatic heterocycles. The van der Waals surface area contributed by atoms with Crippen LogP contribution in [0.4, 0.5) is 0 Å². The van der Waals surface area contributed by atoms with Crippen molar-refractivity contribution in [1.29, 1.82) is 0 Å². The molecule has 0 unspecified atom stereocenters. The molecule has 0 aromatic heterocycles. The Morgan fingerprint density at radius 1 is 0.667 bits per heavy atom. The molecule has 0 heterocycles. The van der Waals surface area contributed by atoms with E-state index >= 15 is 0 Å². The lowest BCUT2D eigenvalue weighted by Crippen LogP contribution is -2.04. The van der Waals surface area contributed by atoms with Crippen LogP contribution in [-0.4, -0.2) is 0 Å². The van der Waals surface area contributed by atoms with Crippen molar-refractivity contribution in [3.05, 3.63) is 90.0 Å². The smallest absolute Gasteiger partial charge is 0.124 e. The van der Waals surface area contributed by atoms with Gasteiger partial charge in [-0.15, -0.1) is 0 Å². The van der Waals surface area contributed by atoms with Gasteiger partial charge in [-0.05, 0) is 33.2 Å². The number of hydrogen-bond donors (Lipinski definition) is 1. The number of benzene rings is 4. The molecule has 0 atom stereocenters. The molecule has 2 N–H and O–H groups in total. The molecular weight excluding hydrogens is 294 g/mol. The van der Waals surface area contributed by atoms with E-state index in [9.17, 15) is 0 Å². The van der Waals surface area contributed by atoms with Crippen molar-refractivity contribution in [3.63, 3.8) is 0 Å². The van der Waals surface area contributed by atoms with Gasteiger partial charge in [0.15, 0.2) is 0 Å². The second-order valence-electron chi connectivity index (χ2n) is 5.89. The van der Waals surface area contributed by atoms with Gasteiger partial charge in [0.05, 0.1) is 0 Å². The number of hydrogen-bond acceptors (Lipinski definition) is 2. The SMILES string of the molecule is NCc1c(OCc2cccc3ccccc23)ccc2ccccc12. The van der Waals surface area contributed by atoms with Gasteiger partial charge in [0.1, 0.15) is 12.4 Å². The van der Waals surface area contributed by atoms with E-state index in [1.54, 1.807) is 0 Å². The summed E-state index contributed by atoms with van der Waals surface area (Å²) < 4.78 is 6.15. The van der Waals surface area contributed by atoms with Crippen molar-refractivity contribution >= 4 is 21.5 Å². The zero-order chi connectivity index (χ0) is 16.4. The maximum atomic E-state index is 6.15. The molecule has 118 valence electrons. The molecule has 0 saturated heterocycles. The van der Waals surface area contributed by atoms with Crippen LogP contribution in [0.3, 0.4) is 0 Å². The molecule has 4 aromatic rings. The van der Waals surface area contributed by atoms with Crippen molar-refractivity contribution in [2.75, 3.05) is 0 Å². The summed E-state index contributed by atoms with van der Waals surface area (Å²) >= 11 is 0. The molecule has 0 fully saturated rings. The Bertz CT molecular complexity index is 1000. The lowest BCUT2D eigenvalue weighted by Gasteiger charge is -2.14. The van der Waals surface area contributed by atoms with E-state index in [-0.39, 0.29) is 0 Å². The van der Waals surface area contributed by atoms with Crippen molar-refractivity contribution in [1.82, 2.24) is 0 Å². The van der Waals surface area contributed by atoms with Gasteiger partial charge >= 0.3 is 0 Å². The van der Waals surface area contributed by atoms with Crippen LogP contribution in [0, 0.1) is 0 Å². The van der Waals surface area contributed by atoms with Gasteiger partial charge in [-0.3, -0.25) is 0 Å². The maximum Gasteiger partial charge on any atom is 0.124 e. The molecule has 0 spiro atoms. The normalized spacial score (nSPS) is 11.0. The highest BCUT2D eigenvalue weighted by Gasteiger charge is 2.08. The van der Waals surface area contributed by atoms with Gasteiger partial charge < -0.3 is 10.5 Å². The largest absolute Gasteiger partial charge is 0.489 e. The minimum atomic E-state index is 0.465. The Kier molecular flexibility index (Phi) is 3.89. The van der Waals surface area contributed by atoms with Gasteiger partial charge in [0, 0.05) is 12.1 Å². The molecule has 0 aliphatic carbocycles. The fourth-order valence-electron chi connectivity index (χ4n) is 3.24. The summed E-state index contributed by atoms with van der Waals surface area (Å²) in [7, 11) is 0. The number of ether oxygens (including phenoxy) is 1. The van der Waals surface area contributed by atoms with Crippen molar-refractivity contribution in [2.45, 2.75) is 13.2 Å². The number of fused-ring (bicyclic) bond motifs is 2. The van der Waals surface area contributed by atoms with Crippen molar-refractivity contribution in [3.8, 4) is 5.75 Å². The zero-order valence-corrected chi connectivity index (χ0v) is 13.4. The molecule has 2 nitrogen and oxygen atoms in total. The monoisotopic (exact) mass is 313 g/mol. The number of rotatable bonds is 4. The van der Waals surface area contributed by atoms with Crippen LogP contribution in [0.25, 0.3) is 21.5 Å². The number of nitrogens with two attached hydrogens (primary N) is 1. The Hall–Kier alpha value is -2.84.